The molecule has 0 bridgehead atoms. The number of nitrogens with zero attached hydrogens (tertiary/aromatic N) is 1. The molecule has 1 unspecified atom stereocenters. The number of esters is 1. The van der Waals surface area contributed by atoms with E-state index >= 15 is 0 Å². The average molecular weight is 481 g/mol. The van der Waals surface area contributed by atoms with E-state index in [1.807, 2.05) is 61.5 Å². The van der Waals surface area contributed by atoms with E-state index in [2.05, 4.69) is 20.9 Å². The van der Waals surface area contributed by atoms with Crippen molar-refractivity contribution in [1.29, 1.82) is 0 Å². The molecule has 0 saturated heterocycles. The lowest BCUT2D eigenvalue weighted by molar-refractivity contribution is -0.151. The Morgan fingerprint density at radius 3 is 2.74 bits per heavy atom. The number of benzene rings is 3. The molecule has 0 fully saturated rings. The van der Waals surface area contributed by atoms with Gasteiger partial charge in [0.05, 0.1) is 28.9 Å². The molecule has 0 amide bonds. The molecule has 0 saturated carbocycles. The Morgan fingerprint density at radius 1 is 1.16 bits per heavy atom. The summed E-state index contributed by atoms with van der Waals surface area (Å²) < 4.78 is 13.0. The average Bonchev–Trinajstić information content (AvgIpc) is 3.10. The molecule has 2 heterocycles. The second-order valence-electron chi connectivity index (χ2n) is 7.85. The van der Waals surface area contributed by atoms with Crippen molar-refractivity contribution in [3.8, 4) is 5.75 Å². The normalized spacial score (nSPS) is 18.8. The molecule has 1 N–H and O–H groups in total. The first-order valence-electron chi connectivity index (χ1n) is 10.1. The van der Waals surface area contributed by atoms with Crippen LogP contribution in [0.1, 0.15) is 30.1 Å². The summed E-state index contributed by atoms with van der Waals surface area (Å²) in [6, 6.07) is 17.4. The van der Waals surface area contributed by atoms with E-state index in [9.17, 15) is 9.59 Å². The SMILES string of the molecule is COc1ccc2cc([C@@H](C)C(=O)O[C@H]3c4cccc5[nH]c(=O)n(c45)CC3Br)ccc2c1. The number of hydrogen-bond donors (Lipinski definition) is 1. The second-order valence-corrected chi connectivity index (χ2v) is 9.03. The number of carbonyl (C=O) groups is 1. The van der Waals surface area contributed by atoms with Gasteiger partial charge in [0.2, 0.25) is 0 Å². The minimum atomic E-state index is -0.474. The number of nitrogens with one attached hydrogen (secondary N) is 1. The highest BCUT2D eigenvalue weighted by Gasteiger charge is 2.34. The van der Waals surface area contributed by atoms with Gasteiger partial charge < -0.3 is 14.5 Å². The number of imidazole rings is 1. The molecule has 158 valence electrons. The van der Waals surface area contributed by atoms with Gasteiger partial charge in [-0.2, -0.15) is 0 Å². The summed E-state index contributed by atoms with van der Waals surface area (Å²) in [5.74, 6) is 0.0668. The van der Waals surface area contributed by atoms with Gasteiger partial charge in [0.25, 0.3) is 0 Å². The third kappa shape index (κ3) is 3.33. The Hall–Kier alpha value is -3.06. The molecule has 0 aliphatic carbocycles. The topological polar surface area (TPSA) is 73.3 Å². The zero-order chi connectivity index (χ0) is 21.7. The van der Waals surface area contributed by atoms with E-state index in [-0.39, 0.29) is 16.5 Å². The van der Waals surface area contributed by atoms with Crippen LogP contribution in [0.25, 0.3) is 21.8 Å². The van der Waals surface area contributed by atoms with Gasteiger partial charge in [-0.1, -0.05) is 52.3 Å². The zero-order valence-electron chi connectivity index (χ0n) is 17.1. The summed E-state index contributed by atoms with van der Waals surface area (Å²) in [5.41, 5.74) is 3.11. The number of para-hydroxylation sites is 1. The van der Waals surface area contributed by atoms with Crippen LogP contribution >= 0.6 is 15.9 Å². The van der Waals surface area contributed by atoms with Gasteiger partial charge in [-0.3, -0.25) is 9.36 Å². The van der Waals surface area contributed by atoms with Crippen LogP contribution in [0.15, 0.2) is 59.4 Å². The fourth-order valence-electron chi connectivity index (χ4n) is 4.26. The van der Waals surface area contributed by atoms with Gasteiger partial charge in [0.1, 0.15) is 11.9 Å². The van der Waals surface area contributed by atoms with Crippen LogP contribution in [0.3, 0.4) is 0 Å². The monoisotopic (exact) mass is 480 g/mol. The maximum Gasteiger partial charge on any atom is 0.326 e. The Labute approximate surface area is 186 Å². The van der Waals surface area contributed by atoms with E-state index in [0.717, 1.165) is 38.7 Å². The van der Waals surface area contributed by atoms with Crippen molar-refractivity contribution in [3.63, 3.8) is 0 Å². The largest absolute Gasteiger partial charge is 0.497 e. The van der Waals surface area contributed by atoms with Crippen molar-refractivity contribution in [2.45, 2.75) is 30.3 Å². The minimum Gasteiger partial charge on any atom is -0.497 e. The molecule has 0 radical (unpaired) electrons. The Morgan fingerprint density at radius 2 is 1.94 bits per heavy atom. The summed E-state index contributed by atoms with van der Waals surface area (Å²) in [7, 11) is 1.64. The summed E-state index contributed by atoms with van der Waals surface area (Å²) in [4.78, 5) is 28.0. The fraction of sp³-hybridized carbons (Fsp3) is 0.250. The number of carbonyl (C=O) groups excluding carboxylic acids is 1. The zero-order valence-corrected chi connectivity index (χ0v) is 18.7. The van der Waals surface area contributed by atoms with Crippen molar-refractivity contribution < 1.29 is 14.3 Å². The standard InChI is InChI=1S/C24H21BrN2O4/c1-13(14-6-7-16-11-17(30-2)9-8-15(16)10-14)23(28)31-22-18-4-3-5-20-21(18)27(12-19(22)25)24(29)26-20/h3-11,13,19,22H,12H2,1-2H3,(H,26,29)/t13-,19?,22+/m1/s1. The molecule has 0 spiro atoms. The Bertz CT molecular complexity index is 1370. The summed E-state index contributed by atoms with van der Waals surface area (Å²) in [6.45, 7) is 2.28. The van der Waals surface area contributed by atoms with Gasteiger partial charge in [-0.25, -0.2) is 4.79 Å². The van der Waals surface area contributed by atoms with Crippen LogP contribution in [-0.4, -0.2) is 27.5 Å². The number of aromatic amines is 1. The number of hydrogen-bond acceptors (Lipinski definition) is 4. The van der Waals surface area contributed by atoms with Crippen LogP contribution in [0.4, 0.5) is 0 Å². The number of aromatic nitrogens is 2. The van der Waals surface area contributed by atoms with Crippen LogP contribution < -0.4 is 10.4 Å². The number of ether oxygens (including phenoxy) is 2. The first kappa shape index (κ1) is 19.9. The van der Waals surface area contributed by atoms with Crippen molar-refractivity contribution in [1.82, 2.24) is 9.55 Å². The summed E-state index contributed by atoms with van der Waals surface area (Å²) >= 11 is 3.63. The molecule has 6 nitrogen and oxygen atoms in total. The maximum absolute atomic E-state index is 13.1. The van der Waals surface area contributed by atoms with Gasteiger partial charge in [0, 0.05) is 12.1 Å². The van der Waals surface area contributed by atoms with Crippen LogP contribution in [0, 0.1) is 0 Å². The number of halogens is 1. The first-order valence-corrected chi connectivity index (χ1v) is 11.0. The third-order valence-corrected chi connectivity index (χ3v) is 6.75. The number of alkyl halides is 1. The van der Waals surface area contributed by atoms with Crippen molar-refractivity contribution in [2.24, 2.45) is 0 Å². The summed E-state index contributed by atoms with van der Waals surface area (Å²) in [5, 5.41) is 2.09. The lowest BCUT2D eigenvalue weighted by Crippen LogP contribution is -2.33. The summed E-state index contributed by atoms with van der Waals surface area (Å²) in [6.07, 6.45) is -0.474. The van der Waals surface area contributed by atoms with Crippen LogP contribution in [0.2, 0.25) is 0 Å². The van der Waals surface area contributed by atoms with E-state index < -0.39 is 12.0 Å². The van der Waals surface area contributed by atoms with E-state index in [1.165, 1.54) is 0 Å². The molecule has 5 rings (SSSR count). The van der Waals surface area contributed by atoms with Crippen LogP contribution in [0.5, 0.6) is 5.75 Å². The molecule has 4 aromatic rings. The fourth-order valence-corrected chi connectivity index (χ4v) is 4.94. The molecule has 31 heavy (non-hydrogen) atoms. The first-order chi connectivity index (χ1) is 15.0. The molecule has 1 aromatic heterocycles. The Balaban J connectivity index is 1.44. The van der Waals surface area contributed by atoms with Crippen molar-refractivity contribution >= 4 is 43.7 Å². The smallest absolute Gasteiger partial charge is 0.326 e. The highest BCUT2D eigenvalue weighted by Crippen LogP contribution is 2.37. The molecule has 1 aliphatic rings. The maximum atomic E-state index is 13.1. The second kappa shape index (κ2) is 7.57. The highest BCUT2D eigenvalue weighted by molar-refractivity contribution is 9.09. The third-order valence-electron chi connectivity index (χ3n) is 5.98. The number of rotatable bonds is 4. The lowest BCUT2D eigenvalue weighted by Gasteiger charge is -2.29. The van der Waals surface area contributed by atoms with Gasteiger partial charge in [-0.05, 0) is 41.5 Å². The quantitative estimate of drug-likeness (QED) is 0.340. The van der Waals surface area contributed by atoms with E-state index in [1.54, 1.807) is 11.7 Å². The lowest BCUT2D eigenvalue weighted by atomic mass is 9.97. The molecule has 3 aromatic carbocycles. The van der Waals surface area contributed by atoms with Crippen molar-refractivity contribution in [3.05, 3.63) is 76.2 Å². The van der Waals surface area contributed by atoms with Crippen LogP contribution in [-0.2, 0) is 16.1 Å². The Kier molecular flexibility index (Phi) is 4.85. The number of methoxy groups -OCH3 is 1. The molecule has 1 aliphatic heterocycles. The molecule has 3 atom stereocenters. The van der Waals surface area contributed by atoms with Gasteiger partial charge in [0.15, 0.2) is 0 Å². The number of H-pyrrole nitrogens is 1. The number of fused-ring (bicyclic) bond motifs is 1. The van der Waals surface area contributed by atoms with Crippen molar-refractivity contribution in [2.75, 3.05) is 7.11 Å². The minimum absolute atomic E-state index is 0.155. The highest BCUT2D eigenvalue weighted by atomic mass is 79.9. The molecular weight excluding hydrogens is 460 g/mol. The van der Waals surface area contributed by atoms with E-state index in [0.29, 0.717) is 6.54 Å². The molecule has 7 heteroatoms. The van der Waals surface area contributed by atoms with Gasteiger partial charge >= 0.3 is 11.7 Å². The molecular formula is C24H21BrN2O4. The van der Waals surface area contributed by atoms with Gasteiger partial charge in [-0.15, -0.1) is 0 Å². The predicted octanol–water partition coefficient (Wildman–Crippen LogP) is 4.66. The predicted molar refractivity (Wildman–Crippen MR) is 123 cm³/mol. The van der Waals surface area contributed by atoms with E-state index in [4.69, 9.17) is 9.47 Å².